The quantitative estimate of drug-likeness (QED) is 0.361. The summed E-state index contributed by atoms with van der Waals surface area (Å²) in [4.78, 5) is 34.3. The van der Waals surface area contributed by atoms with Crippen LogP contribution in [0, 0.1) is 0 Å². The van der Waals surface area contributed by atoms with Gasteiger partial charge in [0.05, 0.1) is 17.9 Å². The average molecular weight is 369 g/mol. The summed E-state index contributed by atoms with van der Waals surface area (Å²) in [6.45, 7) is 0. The Labute approximate surface area is 111 Å². The highest BCUT2D eigenvalue weighted by Crippen LogP contribution is 2.66. The Bertz CT molecular complexity index is 401. The predicted octanol–water partition coefficient (Wildman–Crippen LogP) is 1.18. The van der Waals surface area contributed by atoms with Crippen LogP contribution in [0.2, 0.25) is 0 Å². The van der Waals surface area contributed by atoms with Crippen molar-refractivity contribution >= 4 is 46.7 Å². The standard InChI is InChI=1S/C3H9Cl2O10P3/c4-1-3(2-5)13-17(9,10)15-18(11,12)14-16(6,7)8/h3H,1-2H2,(H,9,10)(H,11,12)(H2,6,7,8). The highest BCUT2D eigenvalue weighted by molar-refractivity contribution is 7.66. The maximum Gasteiger partial charge on any atom is 0.490 e. The van der Waals surface area contributed by atoms with Gasteiger partial charge in [0, 0.05) is 0 Å². The molecule has 0 heterocycles. The molecule has 0 fully saturated rings. The van der Waals surface area contributed by atoms with E-state index in [1.165, 1.54) is 0 Å². The third-order valence-electron chi connectivity index (χ3n) is 1.04. The van der Waals surface area contributed by atoms with E-state index >= 15 is 0 Å². The number of hydrogen-bond donors (Lipinski definition) is 4. The lowest BCUT2D eigenvalue weighted by atomic mass is 10.5. The molecule has 0 aliphatic heterocycles. The Balaban J connectivity index is 4.71. The van der Waals surface area contributed by atoms with Crippen molar-refractivity contribution in [3.63, 3.8) is 0 Å². The zero-order valence-electron chi connectivity index (χ0n) is 8.33. The Morgan fingerprint density at radius 2 is 1.33 bits per heavy atom. The molecule has 0 spiro atoms. The van der Waals surface area contributed by atoms with Gasteiger partial charge in [0.25, 0.3) is 0 Å². The van der Waals surface area contributed by atoms with Crippen molar-refractivity contribution in [2.24, 2.45) is 0 Å². The second-order valence-electron chi connectivity index (χ2n) is 2.63. The molecule has 0 saturated heterocycles. The summed E-state index contributed by atoms with van der Waals surface area (Å²) in [5.41, 5.74) is 0. The summed E-state index contributed by atoms with van der Waals surface area (Å²) in [5.74, 6) is -0.654. The van der Waals surface area contributed by atoms with Crippen LogP contribution in [-0.4, -0.2) is 37.4 Å². The number of hydrogen-bond acceptors (Lipinski definition) is 6. The normalized spacial score (nSPS) is 19.5. The lowest BCUT2D eigenvalue weighted by Gasteiger charge is -2.19. The number of alkyl halides is 2. The van der Waals surface area contributed by atoms with E-state index in [0.29, 0.717) is 0 Å². The highest BCUT2D eigenvalue weighted by atomic mass is 35.5. The molecule has 2 atom stereocenters. The molecule has 0 radical (unpaired) electrons. The molecule has 110 valence electrons. The van der Waals surface area contributed by atoms with E-state index in [4.69, 9.17) is 42.8 Å². The van der Waals surface area contributed by atoms with E-state index in [2.05, 4.69) is 13.1 Å². The van der Waals surface area contributed by atoms with Crippen LogP contribution in [0.5, 0.6) is 0 Å². The van der Waals surface area contributed by atoms with Crippen LogP contribution in [0.15, 0.2) is 0 Å². The topological polar surface area (TPSA) is 160 Å². The zero-order chi connectivity index (χ0) is 14.6. The van der Waals surface area contributed by atoms with Crippen molar-refractivity contribution < 1.29 is 46.4 Å². The van der Waals surface area contributed by atoms with Gasteiger partial charge in [-0.3, -0.25) is 4.52 Å². The lowest BCUT2D eigenvalue weighted by Crippen LogP contribution is -2.15. The van der Waals surface area contributed by atoms with Gasteiger partial charge < -0.3 is 19.6 Å². The minimum atomic E-state index is -5.50. The monoisotopic (exact) mass is 368 g/mol. The smallest absolute Gasteiger partial charge is 0.302 e. The lowest BCUT2D eigenvalue weighted by molar-refractivity contribution is 0.147. The summed E-state index contributed by atoms with van der Waals surface area (Å²) in [7, 11) is -16.0. The van der Waals surface area contributed by atoms with E-state index < -0.39 is 29.6 Å². The van der Waals surface area contributed by atoms with Crippen LogP contribution in [0.3, 0.4) is 0 Å². The summed E-state index contributed by atoms with van der Waals surface area (Å²) in [5, 5.41) is 0. The number of halogens is 2. The van der Waals surface area contributed by atoms with Gasteiger partial charge in [-0.25, -0.2) is 13.7 Å². The third kappa shape index (κ3) is 8.98. The van der Waals surface area contributed by atoms with E-state index in [1.54, 1.807) is 0 Å². The first kappa shape index (κ1) is 19.0. The SMILES string of the molecule is O=P(O)(O)OP(=O)(O)OP(=O)(O)OC(CCl)CCl. The van der Waals surface area contributed by atoms with E-state index in [0.717, 1.165) is 0 Å². The van der Waals surface area contributed by atoms with Crippen molar-refractivity contribution in [3.8, 4) is 0 Å². The molecule has 0 aliphatic rings. The molecular weight excluding hydrogens is 360 g/mol. The summed E-state index contributed by atoms with van der Waals surface area (Å²) >= 11 is 10.5. The Hall–Kier alpha value is 0.990. The van der Waals surface area contributed by atoms with Gasteiger partial charge in [0.1, 0.15) is 0 Å². The molecule has 0 bridgehead atoms. The molecule has 0 amide bonds. The molecule has 0 aromatic carbocycles. The fourth-order valence-electron chi connectivity index (χ4n) is 0.585. The van der Waals surface area contributed by atoms with Crippen LogP contribution in [0.4, 0.5) is 0 Å². The van der Waals surface area contributed by atoms with Gasteiger partial charge in [-0.2, -0.15) is 8.62 Å². The van der Waals surface area contributed by atoms with Crippen molar-refractivity contribution in [3.05, 3.63) is 0 Å². The van der Waals surface area contributed by atoms with Gasteiger partial charge in [-0.05, 0) is 0 Å². The van der Waals surface area contributed by atoms with Gasteiger partial charge >= 0.3 is 23.5 Å². The Kier molecular flexibility index (Phi) is 7.52. The van der Waals surface area contributed by atoms with Crippen LogP contribution in [-0.2, 0) is 26.8 Å². The summed E-state index contributed by atoms with van der Waals surface area (Å²) < 4.78 is 43.5. The minimum absolute atomic E-state index is 0.327. The summed E-state index contributed by atoms with van der Waals surface area (Å²) in [6, 6.07) is 0. The van der Waals surface area contributed by atoms with Gasteiger partial charge in [-0.15, -0.1) is 23.2 Å². The maximum atomic E-state index is 11.2. The third-order valence-corrected chi connectivity index (χ3v) is 5.62. The molecule has 4 N–H and O–H groups in total. The number of rotatable bonds is 8. The van der Waals surface area contributed by atoms with Gasteiger partial charge in [0.15, 0.2) is 0 Å². The van der Waals surface area contributed by atoms with Crippen LogP contribution < -0.4 is 0 Å². The average Bonchev–Trinajstić information content (AvgIpc) is 2.07. The second kappa shape index (κ2) is 7.13. The Morgan fingerprint density at radius 1 is 0.889 bits per heavy atom. The van der Waals surface area contributed by atoms with Crippen molar-refractivity contribution in [1.29, 1.82) is 0 Å². The molecule has 15 heteroatoms. The van der Waals surface area contributed by atoms with E-state index in [-0.39, 0.29) is 11.8 Å². The molecule has 0 rings (SSSR count). The highest BCUT2D eigenvalue weighted by Gasteiger charge is 2.41. The van der Waals surface area contributed by atoms with E-state index in [9.17, 15) is 13.7 Å². The first-order valence-electron chi connectivity index (χ1n) is 3.85. The zero-order valence-corrected chi connectivity index (χ0v) is 12.5. The first-order chi connectivity index (χ1) is 7.91. The molecular formula is C3H9Cl2O10P3. The molecule has 18 heavy (non-hydrogen) atoms. The first-order valence-corrected chi connectivity index (χ1v) is 9.44. The van der Waals surface area contributed by atoms with Gasteiger partial charge in [0.2, 0.25) is 0 Å². The second-order valence-corrected chi connectivity index (χ2v) is 7.62. The fourth-order valence-corrected chi connectivity index (χ4v) is 4.40. The Morgan fingerprint density at radius 3 is 1.67 bits per heavy atom. The molecule has 0 aromatic rings. The fraction of sp³-hybridized carbons (Fsp3) is 1.00. The molecule has 10 nitrogen and oxygen atoms in total. The molecule has 0 aliphatic carbocycles. The van der Waals surface area contributed by atoms with Crippen LogP contribution in [0.1, 0.15) is 0 Å². The largest absolute Gasteiger partial charge is 0.490 e. The van der Waals surface area contributed by atoms with Crippen molar-refractivity contribution in [2.75, 3.05) is 11.8 Å². The number of phosphoric ester groups is 1. The molecule has 0 saturated carbocycles. The summed E-state index contributed by atoms with van der Waals surface area (Å²) in [6.07, 6.45) is -1.18. The van der Waals surface area contributed by atoms with Gasteiger partial charge in [-0.1, -0.05) is 0 Å². The number of phosphoric acid groups is 3. The minimum Gasteiger partial charge on any atom is -0.302 e. The predicted molar refractivity (Wildman–Crippen MR) is 60.2 cm³/mol. The maximum absolute atomic E-state index is 11.2. The molecule has 0 aromatic heterocycles. The molecule has 2 unspecified atom stereocenters. The van der Waals surface area contributed by atoms with Crippen molar-refractivity contribution in [2.45, 2.75) is 6.10 Å². The van der Waals surface area contributed by atoms with E-state index in [1.807, 2.05) is 0 Å². The van der Waals surface area contributed by atoms with Crippen LogP contribution >= 0.6 is 46.7 Å². The van der Waals surface area contributed by atoms with Crippen LogP contribution in [0.25, 0.3) is 0 Å². The van der Waals surface area contributed by atoms with Crippen molar-refractivity contribution in [1.82, 2.24) is 0 Å².